The Bertz CT molecular complexity index is 987. The number of aliphatic hydroxyl groups is 1. The standard InChI is InChI=1S/C19H20N2O2S/c1-11-6-7-13(8-12(11)2)15(22)9-21-10-20-18-17(19(21)23)14-4-3-5-16(14)24-18/h6-8,10,15,22H,3-5,9H2,1-2H3. The normalized spacial score (nSPS) is 15.0. The van der Waals surface area contributed by atoms with Gasteiger partial charge in [0.25, 0.3) is 5.56 Å². The van der Waals surface area contributed by atoms with Crippen LogP contribution < -0.4 is 5.56 Å². The molecule has 4 nitrogen and oxygen atoms in total. The minimum Gasteiger partial charge on any atom is -0.387 e. The molecule has 1 aliphatic rings. The molecule has 0 saturated carbocycles. The van der Waals surface area contributed by atoms with Gasteiger partial charge in [-0.1, -0.05) is 18.2 Å². The maximum absolute atomic E-state index is 12.9. The largest absolute Gasteiger partial charge is 0.387 e. The van der Waals surface area contributed by atoms with Gasteiger partial charge in [-0.25, -0.2) is 4.98 Å². The SMILES string of the molecule is Cc1ccc(C(O)Cn2cnc3sc4c(c3c2=O)CCC4)cc1C. The van der Waals surface area contributed by atoms with Crippen LogP contribution in [-0.4, -0.2) is 14.7 Å². The molecule has 2 aromatic heterocycles. The highest BCUT2D eigenvalue weighted by Gasteiger charge is 2.22. The Morgan fingerprint density at radius 1 is 1.29 bits per heavy atom. The predicted molar refractivity (Wildman–Crippen MR) is 96.8 cm³/mol. The number of nitrogens with zero attached hydrogens (tertiary/aromatic N) is 2. The summed E-state index contributed by atoms with van der Waals surface area (Å²) < 4.78 is 1.55. The van der Waals surface area contributed by atoms with E-state index < -0.39 is 6.10 Å². The first-order chi connectivity index (χ1) is 11.5. The van der Waals surface area contributed by atoms with Crippen LogP contribution in [0.3, 0.4) is 0 Å². The highest BCUT2D eigenvalue weighted by atomic mass is 32.1. The van der Waals surface area contributed by atoms with E-state index in [2.05, 4.69) is 4.98 Å². The zero-order chi connectivity index (χ0) is 16.8. The topological polar surface area (TPSA) is 55.1 Å². The van der Waals surface area contributed by atoms with Crippen LogP contribution in [0.1, 0.15) is 39.7 Å². The van der Waals surface area contributed by atoms with E-state index in [1.807, 2.05) is 32.0 Å². The van der Waals surface area contributed by atoms with Gasteiger partial charge in [-0.15, -0.1) is 11.3 Å². The van der Waals surface area contributed by atoms with Crippen molar-refractivity contribution in [1.29, 1.82) is 0 Å². The molecule has 1 N–H and O–H groups in total. The number of benzene rings is 1. The van der Waals surface area contributed by atoms with Crippen molar-refractivity contribution < 1.29 is 5.11 Å². The fraction of sp³-hybridized carbons (Fsp3) is 0.368. The van der Waals surface area contributed by atoms with E-state index in [4.69, 9.17) is 0 Å². The highest BCUT2D eigenvalue weighted by molar-refractivity contribution is 7.18. The number of aromatic nitrogens is 2. The Labute approximate surface area is 144 Å². The molecule has 0 saturated heterocycles. The minimum atomic E-state index is -0.715. The van der Waals surface area contributed by atoms with E-state index in [0.29, 0.717) is 0 Å². The average molecular weight is 340 g/mol. The first-order valence-electron chi connectivity index (χ1n) is 8.29. The summed E-state index contributed by atoms with van der Waals surface area (Å²) in [4.78, 5) is 19.5. The van der Waals surface area contributed by atoms with Crippen molar-refractivity contribution in [3.05, 3.63) is 62.0 Å². The third-order valence-corrected chi connectivity index (χ3v) is 6.18. The molecule has 4 rings (SSSR count). The summed E-state index contributed by atoms with van der Waals surface area (Å²) in [7, 11) is 0. The zero-order valence-electron chi connectivity index (χ0n) is 13.9. The van der Waals surface area contributed by atoms with E-state index in [0.717, 1.165) is 40.6 Å². The number of aryl methyl sites for hydroxylation is 4. The monoisotopic (exact) mass is 340 g/mol. The van der Waals surface area contributed by atoms with Gasteiger partial charge in [0.1, 0.15) is 4.83 Å². The molecule has 5 heteroatoms. The maximum atomic E-state index is 12.9. The number of fused-ring (bicyclic) bond motifs is 3. The first-order valence-corrected chi connectivity index (χ1v) is 9.11. The van der Waals surface area contributed by atoms with E-state index in [9.17, 15) is 9.90 Å². The average Bonchev–Trinajstić information content (AvgIpc) is 3.13. The molecular formula is C19H20N2O2S. The van der Waals surface area contributed by atoms with E-state index in [1.54, 1.807) is 22.2 Å². The van der Waals surface area contributed by atoms with Gasteiger partial charge in [-0.2, -0.15) is 0 Å². The smallest absolute Gasteiger partial charge is 0.262 e. The Kier molecular flexibility index (Phi) is 3.77. The number of thiophene rings is 1. The Morgan fingerprint density at radius 2 is 2.12 bits per heavy atom. The second-order valence-electron chi connectivity index (χ2n) is 6.60. The van der Waals surface area contributed by atoms with Crippen molar-refractivity contribution in [3.8, 4) is 0 Å². The van der Waals surface area contributed by atoms with E-state index in [-0.39, 0.29) is 12.1 Å². The molecule has 1 aliphatic carbocycles. The summed E-state index contributed by atoms with van der Waals surface area (Å²) in [6, 6.07) is 5.91. The Morgan fingerprint density at radius 3 is 2.92 bits per heavy atom. The lowest BCUT2D eigenvalue weighted by Crippen LogP contribution is -2.24. The lowest BCUT2D eigenvalue weighted by atomic mass is 10.0. The molecule has 0 spiro atoms. The summed E-state index contributed by atoms with van der Waals surface area (Å²) >= 11 is 1.64. The molecule has 24 heavy (non-hydrogen) atoms. The molecule has 124 valence electrons. The van der Waals surface area contributed by atoms with Gasteiger partial charge in [0, 0.05) is 4.88 Å². The number of hydrogen-bond donors (Lipinski definition) is 1. The molecule has 2 heterocycles. The summed E-state index contributed by atoms with van der Waals surface area (Å²) in [6.07, 6.45) is 4.00. The minimum absolute atomic E-state index is 0.0257. The molecule has 1 aromatic carbocycles. The van der Waals surface area contributed by atoms with E-state index in [1.165, 1.54) is 16.0 Å². The number of rotatable bonds is 3. The van der Waals surface area contributed by atoms with Crippen molar-refractivity contribution >= 4 is 21.6 Å². The van der Waals surface area contributed by atoms with Crippen LogP contribution in [-0.2, 0) is 19.4 Å². The quantitative estimate of drug-likeness (QED) is 0.796. The fourth-order valence-electron chi connectivity index (χ4n) is 3.41. The Balaban J connectivity index is 1.70. The summed E-state index contributed by atoms with van der Waals surface area (Å²) in [5.41, 5.74) is 4.33. The third kappa shape index (κ3) is 2.48. The summed E-state index contributed by atoms with van der Waals surface area (Å²) in [6.45, 7) is 4.31. The number of hydrogen-bond acceptors (Lipinski definition) is 4. The van der Waals surface area contributed by atoms with Crippen LogP contribution in [0.4, 0.5) is 0 Å². The molecule has 0 radical (unpaired) electrons. The molecule has 3 aromatic rings. The molecule has 0 aliphatic heterocycles. The predicted octanol–water partition coefficient (Wildman–Crippen LogP) is 3.30. The van der Waals surface area contributed by atoms with Gasteiger partial charge in [-0.3, -0.25) is 9.36 Å². The van der Waals surface area contributed by atoms with Crippen LogP contribution in [0.5, 0.6) is 0 Å². The van der Waals surface area contributed by atoms with Crippen molar-refractivity contribution in [2.45, 2.75) is 45.8 Å². The van der Waals surface area contributed by atoms with Crippen LogP contribution in [0.15, 0.2) is 29.3 Å². The highest BCUT2D eigenvalue weighted by Crippen LogP contribution is 2.34. The van der Waals surface area contributed by atoms with Crippen LogP contribution >= 0.6 is 11.3 Å². The van der Waals surface area contributed by atoms with Gasteiger partial charge in [0.05, 0.1) is 24.4 Å². The van der Waals surface area contributed by atoms with Gasteiger partial charge in [-0.05, 0) is 55.4 Å². The van der Waals surface area contributed by atoms with Gasteiger partial charge < -0.3 is 5.11 Å². The van der Waals surface area contributed by atoms with Crippen molar-refractivity contribution in [3.63, 3.8) is 0 Å². The molecule has 0 fully saturated rings. The summed E-state index contributed by atoms with van der Waals surface area (Å²) in [5, 5.41) is 11.3. The summed E-state index contributed by atoms with van der Waals surface area (Å²) in [5.74, 6) is 0. The maximum Gasteiger partial charge on any atom is 0.262 e. The second kappa shape index (κ2) is 5.83. The fourth-order valence-corrected chi connectivity index (χ4v) is 4.63. The first kappa shape index (κ1) is 15.5. The molecule has 1 atom stereocenters. The van der Waals surface area contributed by atoms with E-state index >= 15 is 0 Å². The van der Waals surface area contributed by atoms with Crippen molar-refractivity contribution in [1.82, 2.24) is 9.55 Å². The molecule has 0 bridgehead atoms. The van der Waals surface area contributed by atoms with Crippen LogP contribution in [0, 0.1) is 13.8 Å². The zero-order valence-corrected chi connectivity index (χ0v) is 14.7. The number of aliphatic hydroxyl groups excluding tert-OH is 1. The third-order valence-electron chi connectivity index (χ3n) is 4.98. The van der Waals surface area contributed by atoms with Crippen molar-refractivity contribution in [2.24, 2.45) is 0 Å². The molecule has 0 amide bonds. The van der Waals surface area contributed by atoms with Crippen LogP contribution in [0.25, 0.3) is 10.2 Å². The van der Waals surface area contributed by atoms with Crippen LogP contribution in [0.2, 0.25) is 0 Å². The lowest BCUT2D eigenvalue weighted by molar-refractivity contribution is 0.155. The lowest BCUT2D eigenvalue weighted by Gasteiger charge is -2.14. The molecule has 1 unspecified atom stereocenters. The van der Waals surface area contributed by atoms with Gasteiger partial charge in [0.2, 0.25) is 0 Å². The van der Waals surface area contributed by atoms with Gasteiger partial charge >= 0.3 is 0 Å². The van der Waals surface area contributed by atoms with Crippen molar-refractivity contribution in [2.75, 3.05) is 0 Å². The molecular weight excluding hydrogens is 320 g/mol. The van der Waals surface area contributed by atoms with Gasteiger partial charge in [0.15, 0.2) is 0 Å². The Hall–Kier alpha value is -1.98. The second-order valence-corrected chi connectivity index (χ2v) is 7.68.